The van der Waals surface area contributed by atoms with Gasteiger partial charge in [-0.25, -0.2) is 17.7 Å². The zero-order valence-corrected chi connectivity index (χ0v) is 15.5. The van der Waals surface area contributed by atoms with Gasteiger partial charge in [-0.05, 0) is 35.8 Å². The van der Waals surface area contributed by atoms with Crippen molar-refractivity contribution in [1.82, 2.24) is 4.98 Å². The van der Waals surface area contributed by atoms with E-state index >= 15 is 0 Å². The number of methoxy groups -OCH3 is 1. The van der Waals surface area contributed by atoms with Crippen LogP contribution in [0.1, 0.15) is 13.8 Å². The molecule has 130 valence electrons. The zero-order chi connectivity index (χ0) is 17.5. The minimum absolute atomic E-state index is 0.0975. The van der Waals surface area contributed by atoms with Crippen LogP contribution < -0.4 is 9.04 Å². The molecule has 1 heterocycles. The molecular weight excluding hydrogens is 392 g/mol. The average molecular weight is 411 g/mol. The van der Waals surface area contributed by atoms with Crippen molar-refractivity contribution in [1.29, 1.82) is 0 Å². The second kappa shape index (κ2) is 9.04. The summed E-state index contributed by atoms with van der Waals surface area (Å²) in [4.78, 5) is 15.6. The van der Waals surface area contributed by atoms with Gasteiger partial charge in [-0.15, -0.1) is 0 Å². The molecule has 1 rings (SSSR count). The van der Waals surface area contributed by atoms with E-state index in [4.69, 9.17) is 14.2 Å². The molecule has 0 N–H and O–H groups in total. The number of hydrogen-bond donors (Lipinski definition) is 0. The predicted molar refractivity (Wildman–Crippen MR) is 87.9 cm³/mol. The van der Waals surface area contributed by atoms with Crippen LogP contribution in [0.15, 0.2) is 16.7 Å². The number of sulfonamides is 1. The highest BCUT2D eigenvalue weighted by atomic mass is 79.9. The highest BCUT2D eigenvalue weighted by molar-refractivity contribution is 9.10. The molecular formula is C13H19BrN2O6S. The van der Waals surface area contributed by atoms with Crippen molar-refractivity contribution in [2.24, 2.45) is 0 Å². The molecule has 8 nitrogen and oxygen atoms in total. The molecule has 1 aromatic rings. The van der Waals surface area contributed by atoms with Gasteiger partial charge in [-0.1, -0.05) is 0 Å². The van der Waals surface area contributed by atoms with E-state index in [9.17, 15) is 13.2 Å². The van der Waals surface area contributed by atoms with Gasteiger partial charge in [-0.3, -0.25) is 4.79 Å². The van der Waals surface area contributed by atoms with Gasteiger partial charge >= 0.3 is 5.97 Å². The lowest BCUT2D eigenvalue weighted by Gasteiger charge is -2.24. The fraction of sp³-hybridized carbons (Fsp3) is 0.538. The Bertz CT molecular complexity index is 637. The highest BCUT2D eigenvalue weighted by Crippen LogP contribution is 2.31. The van der Waals surface area contributed by atoms with E-state index in [0.717, 1.165) is 4.31 Å². The Hall–Kier alpha value is -1.39. The van der Waals surface area contributed by atoms with Crippen LogP contribution in [0.3, 0.4) is 0 Å². The number of carbonyl (C=O) groups excluding carboxylic acids is 1. The summed E-state index contributed by atoms with van der Waals surface area (Å²) in [5.74, 6) is -1.54. The summed E-state index contributed by atoms with van der Waals surface area (Å²) in [6.07, 6.45) is 1.47. The molecule has 0 unspecified atom stereocenters. The van der Waals surface area contributed by atoms with Crippen LogP contribution in [0.5, 0.6) is 5.88 Å². The third-order valence-corrected chi connectivity index (χ3v) is 4.62. The molecule has 0 spiro atoms. The summed E-state index contributed by atoms with van der Waals surface area (Å²) in [6, 6.07) is 1.52. The van der Waals surface area contributed by atoms with E-state index in [-0.39, 0.29) is 24.9 Å². The Balaban J connectivity index is 3.23. The number of pyridine rings is 1. The van der Waals surface area contributed by atoms with Gasteiger partial charge in [0.1, 0.15) is 12.4 Å². The number of nitrogens with zero attached hydrogens (tertiary/aromatic N) is 2. The summed E-state index contributed by atoms with van der Waals surface area (Å²) >= 11 is 3.23. The summed E-state index contributed by atoms with van der Waals surface area (Å²) in [5, 5.41) is 0. The minimum atomic E-state index is -4.03. The first kappa shape index (κ1) is 19.7. The maximum absolute atomic E-state index is 12.5. The first-order valence-corrected chi connectivity index (χ1v) is 9.19. The molecule has 0 fully saturated rings. The second-order valence-electron chi connectivity index (χ2n) is 4.21. The number of hydrogen-bond acceptors (Lipinski definition) is 7. The van der Waals surface area contributed by atoms with Crippen molar-refractivity contribution >= 4 is 37.6 Å². The summed E-state index contributed by atoms with van der Waals surface area (Å²) in [7, 11) is -2.65. The Kier molecular flexibility index (Phi) is 7.73. The van der Waals surface area contributed by atoms with Gasteiger partial charge in [0.05, 0.1) is 13.7 Å². The lowest BCUT2D eigenvalue weighted by atomic mass is 10.4. The Morgan fingerprint density at radius 1 is 1.35 bits per heavy atom. The van der Waals surface area contributed by atoms with E-state index in [1.807, 2.05) is 0 Å². The Morgan fingerprint density at radius 3 is 2.61 bits per heavy atom. The molecule has 0 aromatic carbocycles. The van der Waals surface area contributed by atoms with Gasteiger partial charge in [-0.2, -0.15) is 0 Å². The number of aromatic nitrogens is 1. The van der Waals surface area contributed by atoms with Gasteiger partial charge in [0, 0.05) is 17.3 Å². The van der Waals surface area contributed by atoms with Gasteiger partial charge in [0.15, 0.2) is 5.75 Å². The van der Waals surface area contributed by atoms with Crippen molar-refractivity contribution in [3.8, 4) is 5.88 Å². The Labute approximate surface area is 143 Å². The van der Waals surface area contributed by atoms with E-state index in [1.165, 1.54) is 19.4 Å². The second-order valence-corrected chi connectivity index (χ2v) is 7.02. The average Bonchev–Trinajstić information content (AvgIpc) is 2.47. The largest absolute Gasteiger partial charge is 0.479 e. The summed E-state index contributed by atoms with van der Waals surface area (Å²) < 4.78 is 41.6. The molecule has 0 saturated heterocycles. The lowest BCUT2D eigenvalue weighted by molar-refractivity contribution is -0.139. The maximum atomic E-state index is 12.5. The van der Waals surface area contributed by atoms with Crippen molar-refractivity contribution in [2.75, 3.05) is 37.1 Å². The first-order valence-electron chi connectivity index (χ1n) is 6.79. The molecule has 0 aliphatic rings. The molecule has 1 aromatic heterocycles. The van der Waals surface area contributed by atoms with Crippen LogP contribution in [0, 0.1) is 0 Å². The zero-order valence-electron chi connectivity index (χ0n) is 13.1. The number of esters is 1. The molecule has 0 amide bonds. The lowest BCUT2D eigenvalue weighted by Crippen LogP contribution is -2.38. The smallest absolute Gasteiger partial charge is 0.323 e. The molecule has 23 heavy (non-hydrogen) atoms. The van der Waals surface area contributed by atoms with Crippen LogP contribution in [0.4, 0.5) is 5.69 Å². The number of rotatable bonds is 9. The van der Waals surface area contributed by atoms with E-state index in [1.54, 1.807) is 13.8 Å². The number of ether oxygens (including phenoxy) is 3. The third kappa shape index (κ3) is 5.63. The molecule has 0 saturated carbocycles. The van der Waals surface area contributed by atoms with Crippen molar-refractivity contribution in [3.63, 3.8) is 0 Å². The number of halogens is 1. The number of anilines is 1. The predicted octanol–water partition coefficient (Wildman–Crippen LogP) is 1.55. The van der Waals surface area contributed by atoms with E-state index in [0.29, 0.717) is 11.1 Å². The molecule has 0 radical (unpaired) electrons. The fourth-order valence-corrected chi connectivity index (χ4v) is 3.18. The topological polar surface area (TPSA) is 95.0 Å². The summed E-state index contributed by atoms with van der Waals surface area (Å²) in [6.45, 7) is 3.46. The highest BCUT2D eigenvalue weighted by Gasteiger charge is 2.29. The van der Waals surface area contributed by atoms with Gasteiger partial charge < -0.3 is 14.2 Å². The normalized spacial score (nSPS) is 11.1. The van der Waals surface area contributed by atoms with E-state index < -0.39 is 21.7 Å². The van der Waals surface area contributed by atoms with Crippen molar-refractivity contribution < 1.29 is 27.4 Å². The van der Waals surface area contributed by atoms with Crippen molar-refractivity contribution in [3.05, 3.63) is 16.7 Å². The van der Waals surface area contributed by atoms with Gasteiger partial charge in [0.2, 0.25) is 15.9 Å². The minimum Gasteiger partial charge on any atom is -0.479 e. The molecule has 10 heteroatoms. The first-order chi connectivity index (χ1) is 10.9. The number of carbonyl (C=O) groups is 1. The standard InChI is InChI=1S/C13H19BrN2O6S/c1-4-21-9-16(23(18,19)8-12(17)22-5-2)11-6-10(14)7-15-13(11)20-3/h6-7H,4-5,8-9H2,1-3H3. The molecule has 0 aliphatic heterocycles. The maximum Gasteiger partial charge on any atom is 0.323 e. The molecule has 0 aliphatic carbocycles. The third-order valence-electron chi connectivity index (χ3n) is 2.61. The fourth-order valence-electron chi connectivity index (χ4n) is 1.66. The van der Waals surface area contributed by atoms with Crippen LogP contribution in [0.25, 0.3) is 0 Å². The van der Waals surface area contributed by atoms with Crippen molar-refractivity contribution in [2.45, 2.75) is 13.8 Å². The van der Waals surface area contributed by atoms with E-state index in [2.05, 4.69) is 20.9 Å². The molecule has 0 bridgehead atoms. The van der Waals surface area contributed by atoms with Crippen LogP contribution in [-0.2, 0) is 24.3 Å². The SMILES string of the molecule is CCOCN(c1cc(Br)cnc1OC)S(=O)(=O)CC(=O)OCC. The quantitative estimate of drug-likeness (QED) is 0.449. The Morgan fingerprint density at radius 2 is 2.04 bits per heavy atom. The van der Waals surface area contributed by atoms with Crippen LogP contribution >= 0.6 is 15.9 Å². The monoisotopic (exact) mass is 410 g/mol. The van der Waals surface area contributed by atoms with Crippen LogP contribution in [-0.4, -0.2) is 52.2 Å². The summed E-state index contributed by atoms with van der Waals surface area (Å²) in [5.41, 5.74) is 0.166. The van der Waals surface area contributed by atoms with Crippen LogP contribution in [0.2, 0.25) is 0 Å². The van der Waals surface area contributed by atoms with Gasteiger partial charge in [0.25, 0.3) is 0 Å². The molecule has 0 atom stereocenters.